The summed E-state index contributed by atoms with van der Waals surface area (Å²) in [5.41, 5.74) is 0. The first-order valence-corrected chi connectivity index (χ1v) is 0.813. The predicted molar refractivity (Wildman–Crippen MR) is 11.7 cm³/mol. The summed E-state index contributed by atoms with van der Waals surface area (Å²) in [6.45, 7) is 1.44. The summed E-state index contributed by atoms with van der Waals surface area (Å²) in [7, 11) is 0. The number of aldehydes is 1. The van der Waals surface area contributed by atoms with Gasteiger partial charge in [-0.25, -0.2) is 0 Å². The van der Waals surface area contributed by atoms with Gasteiger partial charge in [-0.1, -0.05) is 0 Å². The first-order valence-electron chi connectivity index (χ1n) is 0.813. The zero-order valence-corrected chi connectivity index (χ0v) is 3.23. The van der Waals surface area contributed by atoms with Crippen molar-refractivity contribution in [1.29, 1.82) is 0 Å². The third kappa shape index (κ3) is 86.3. The summed E-state index contributed by atoms with van der Waals surface area (Å²) in [5, 5.41) is 0. The van der Waals surface area contributed by atoms with E-state index >= 15 is 0 Å². The van der Waals surface area contributed by atoms with Crippen LogP contribution >= 0.6 is 0 Å². The van der Waals surface area contributed by atoms with Crippen LogP contribution in [-0.4, -0.2) is 6.29 Å². The molecule has 0 spiro atoms. The average Bonchev–Trinajstić information content (AvgIpc) is 0.918. The van der Waals surface area contributed by atoms with Gasteiger partial charge < -0.3 is 4.79 Å². The molecule has 0 aromatic heterocycles. The molecule has 0 saturated heterocycles. The van der Waals surface area contributed by atoms with Crippen molar-refractivity contribution in [3.05, 3.63) is 0 Å². The molecule has 1 nitrogen and oxygen atoms in total. The topological polar surface area (TPSA) is 17.1 Å². The van der Waals surface area contributed by atoms with E-state index in [4.69, 9.17) is 4.79 Å². The molecule has 0 aliphatic carbocycles. The maximum atomic E-state index is 8.81. The average molecular weight is 108 g/mol. The van der Waals surface area contributed by atoms with Crippen molar-refractivity contribution in [3.8, 4) is 0 Å². The van der Waals surface area contributed by atoms with Crippen LogP contribution < -0.4 is 0 Å². The van der Waals surface area contributed by atoms with E-state index in [-0.39, 0.29) is 17.1 Å². The molecule has 0 bridgehead atoms. The summed E-state index contributed by atoms with van der Waals surface area (Å²) >= 11 is 0. The molecule has 0 N–H and O–H groups in total. The largest absolute Gasteiger partial charge is 0.304 e. The molecular weight excluding hydrogens is 104 g/mol. The Hall–Kier alpha value is 0.189. The van der Waals surface area contributed by atoms with E-state index in [0.717, 1.165) is 6.29 Å². The van der Waals surface area contributed by atoms with Gasteiger partial charge in [-0.15, -0.1) is 0 Å². The minimum absolute atomic E-state index is 0. The van der Waals surface area contributed by atoms with Gasteiger partial charge in [-0.2, -0.15) is 0 Å². The number of carbonyl (C=O) groups excluding carboxylic acids is 1. The first kappa shape index (κ1) is 8.89. The molecule has 4 heavy (non-hydrogen) atoms. The zero-order valence-electron chi connectivity index (χ0n) is 2.29. The van der Waals surface area contributed by atoms with E-state index in [1.807, 2.05) is 0 Å². The van der Waals surface area contributed by atoms with Crippen molar-refractivity contribution < 1.29 is 21.9 Å². The van der Waals surface area contributed by atoms with Gasteiger partial charge in [0, 0.05) is 17.1 Å². The van der Waals surface area contributed by atoms with E-state index < -0.39 is 0 Å². The smallest absolute Gasteiger partial charge is 0.116 e. The standard InChI is InChI=1S/C2H4O.Cu/c1-2-3;/h2H,1H3;. The molecule has 1 radical (unpaired) electrons. The minimum atomic E-state index is 0. The molecule has 0 aliphatic heterocycles. The van der Waals surface area contributed by atoms with E-state index in [2.05, 4.69) is 0 Å². The Morgan fingerprint density at radius 2 is 1.75 bits per heavy atom. The number of carbonyl (C=O) groups is 1. The molecule has 2 heteroatoms. The Morgan fingerprint density at radius 1 is 1.75 bits per heavy atom. The molecule has 0 amide bonds. The fraction of sp³-hybridized carbons (Fsp3) is 0.500. The van der Waals surface area contributed by atoms with Crippen LogP contribution in [-0.2, 0) is 21.9 Å². The second-order valence-electron chi connectivity index (χ2n) is 0.236. The van der Waals surface area contributed by atoms with Crippen LogP contribution in [0.5, 0.6) is 0 Å². The fourth-order valence-corrected chi connectivity index (χ4v) is 0. The van der Waals surface area contributed by atoms with Crippen LogP contribution in [0.25, 0.3) is 0 Å². The van der Waals surface area contributed by atoms with Crippen LogP contribution in [0.15, 0.2) is 0 Å². The van der Waals surface area contributed by atoms with Crippen LogP contribution in [0.1, 0.15) is 6.92 Å². The molecule has 29 valence electrons. The summed E-state index contributed by atoms with van der Waals surface area (Å²) in [5.74, 6) is 0. The number of hydrogen-bond donors (Lipinski definition) is 0. The Labute approximate surface area is 35.9 Å². The van der Waals surface area contributed by atoms with Gasteiger partial charge in [-0.3, -0.25) is 0 Å². The molecule has 0 heterocycles. The molecule has 0 aromatic carbocycles. The monoisotopic (exact) mass is 107 g/mol. The first-order chi connectivity index (χ1) is 1.41. The van der Waals surface area contributed by atoms with Gasteiger partial charge in [-0.05, 0) is 6.92 Å². The predicted octanol–water partition coefficient (Wildman–Crippen LogP) is 0.203. The molecule has 0 aromatic rings. The minimum Gasteiger partial charge on any atom is -0.304 e. The van der Waals surface area contributed by atoms with Crippen LogP contribution in [0, 0.1) is 0 Å². The quantitative estimate of drug-likeness (QED) is 0.319. The summed E-state index contributed by atoms with van der Waals surface area (Å²) in [6, 6.07) is 0. The maximum Gasteiger partial charge on any atom is 0.116 e. The maximum absolute atomic E-state index is 8.81. The molecular formula is C2H4CuO. The van der Waals surface area contributed by atoms with Crippen LogP contribution in [0.2, 0.25) is 0 Å². The normalized spacial score (nSPS) is 3.25. The van der Waals surface area contributed by atoms with E-state index in [9.17, 15) is 0 Å². The molecule has 0 unspecified atom stereocenters. The van der Waals surface area contributed by atoms with Crippen molar-refractivity contribution in [3.63, 3.8) is 0 Å². The van der Waals surface area contributed by atoms with Crippen LogP contribution in [0.3, 0.4) is 0 Å². The van der Waals surface area contributed by atoms with E-state index in [0.29, 0.717) is 0 Å². The Morgan fingerprint density at radius 3 is 1.75 bits per heavy atom. The number of hydrogen-bond acceptors (Lipinski definition) is 1. The van der Waals surface area contributed by atoms with Gasteiger partial charge in [0.05, 0.1) is 0 Å². The second-order valence-corrected chi connectivity index (χ2v) is 0.236. The third-order valence-electron chi connectivity index (χ3n) is 0. The fourth-order valence-electron chi connectivity index (χ4n) is 0. The Kier molecular flexibility index (Phi) is 24.0. The number of rotatable bonds is 0. The summed E-state index contributed by atoms with van der Waals surface area (Å²) < 4.78 is 0. The van der Waals surface area contributed by atoms with Gasteiger partial charge in [0.1, 0.15) is 6.29 Å². The third-order valence-corrected chi connectivity index (χ3v) is 0. The molecule has 0 saturated carbocycles. The van der Waals surface area contributed by atoms with Gasteiger partial charge in [0.2, 0.25) is 0 Å². The van der Waals surface area contributed by atoms with E-state index in [1.54, 1.807) is 0 Å². The second kappa shape index (κ2) is 10.8. The zero-order chi connectivity index (χ0) is 2.71. The molecule has 0 aliphatic rings. The molecule has 0 fully saturated rings. The van der Waals surface area contributed by atoms with Crippen molar-refractivity contribution >= 4 is 6.29 Å². The van der Waals surface area contributed by atoms with Gasteiger partial charge in [0.15, 0.2) is 0 Å². The van der Waals surface area contributed by atoms with Crippen molar-refractivity contribution in [2.45, 2.75) is 6.92 Å². The van der Waals surface area contributed by atoms with Crippen molar-refractivity contribution in [1.82, 2.24) is 0 Å². The molecule has 0 atom stereocenters. The summed E-state index contributed by atoms with van der Waals surface area (Å²) in [6.07, 6.45) is 0.750. The summed E-state index contributed by atoms with van der Waals surface area (Å²) in [4.78, 5) is 8.81. The molecule has 0 rings (SSSR count). The van der Waals surface area contributed by atoms with Crippen LogP contribution in [0.4, 0.5) is 0 Å². The van der Waals surface area contributed by atoms with Gasteiger partial charge >= 0.3 is 0 Å². The Bertz CT molecular complexity index is 13.5. The van der Waals surface area contributed by atoms with E-state index in [1.165, 1.54) is 6.92 Å². The van der Waals surface area contributed by atoms with Crippen molar-refractivity contribution in [2.24, 2.45) is 0 Å². The SMILES string of the molecule is CC=O.[Cu]. The van der Waals surface area contributed by atoms with Crippen molar-refractivity contribution in [2.75, 3.05) is 0 Å². The Balaban J connectivity index is 0. The van der Waals surface area contributed by atoms with Gasteiger partial charge in [0.25, 0.3) is 0 Å².